The van der Waals surface area contributed by atoms with E-state index in [0.29, 0.717) is 11.3 Å². The Balaban J connectivity index is 2.04. The summed E-state index contributed by atoms with van der Waals surface area (Å²) in [5, 5.41) is 15.5. The molecule has 6 heteroatoms. The van der Waals surface area contributed by atoms with Gasteiger partial charge >= 0.3 is 0 Å². The van der Waals surface area contributed by atoms with Gasteiger partial charge in [-0.3, -0.25) is 9.59 Å². The molecule has 2 amide bonds. The van der Waals surface area contributed by atoms with Crippen LogP contribution >= 0.6 is 0 Å². The molecule has 19 heavy (non-hydrogen) atoms. The van der Waals surface area contributed by atoms with Gasteiger partial charge in [0.15, 0.2) is 0 Å². The van der Waals surface area contributed by atoms with Crippen molar-refractivity contribution in [2.24, 2.45) is 0 Å². The summed E-state index contributed by atoms with van der Waals surface area (Å²) in [5.41, 5.74) is 1.32. The molecule has 6 nitrogen and oxygen atoms in total. The minimum atomic E-state index is -0.837. The van der Waals surface area contributed by atoms with Gasteiger partial charge in [0.05, 0.1) is 12.6 Å². The summed E-state index contributed by atoms with van der Waals surface area (Å²) in [4.78, 5) is 22.1. The molecule has 1 fully saturated rings. The number of benzene rings is 1. The quantitative estimate of drug-likeness (QED) is 0.727. The lowest BCUT2D eigenvalue weighted by atomic mass is 10.0. The van der Waals surface area contributed by atoms with Crippen molar-refractivity contribution in [3.05, 3.63) is 29.8 Å². The van der Waals surface area contributed by atoms with Gasteiger partial charge in [-0.05, 0) is 17.7 Å². The molecule has 1 heterocycles. The summed E-state index contributed by atoms with van der Waals surface area (Å²) in [6.07, 6.45) is -0.837. The highest BCUT2D eigenvalue weighted by Crippen LogP contribution is 2.20. The summed E-state index contributed by atoms with van der Waals surface area (Å²) < 4.78 is 5.08. The van der Waals surface area contributed by atoms with E-state index in [1.807, 2.05) is 0 Å². The number of rotatable bonds is 3. The number of hydrogen-bond acceptors (Lipinski definition) is 4. The van der Waals surface area contributed by atoms with Crippen molar-refractivity contribution in [2.75, 3.05) is 18.5 Å². The Hall–Kier alpha value is -1.92. The number of nitrogens with one attached hydrogen (secondary N) is 2. The summed E-state index contributed by atoms with van der Waals surface area (Å²) in [6.45, 7) is 1.74. The van der Waals surface area contributed by atoms with Gasteiger partial charge in [-0.2, -0.15) is 0 Å². The van der Waals surface area contributed by atoms with Gasteiger partial charge in [0, 0.05) is 12.6 Å². The molecule has 0 saturated carbocycles. The standard InChI is InChI=1S/C13H16N2O4/c1-8(16)14-10-4-2-9(3-5-10)13(18)11-6-19-7-12(17)15-11/h2-5,11,13,18H,6-7H2,1H3,(H,14,16)(H,15,17). The monoisotopic (exact) mass is 264 g/mol. The number of amides is 2. The van der Waals surface area contributed by atoms with E-state index in [1.54, 1.807) is 24.3 Å². The predicted octanol–water partition coefficient (Wildman–Crippen LogP) is 0.193. The van der Waals surface area contributed by atoms with Gasteiger partial charge in [-0.1, -0.05) is 12.1 Å². The van der Waals surface area contributed by atoms with E-state index < -0.39 is 12.1 Å². The zero-order chi connectivity index (χ0) is 13.8. The van der Waals surface area contributed by atoms with Crippen LogP contribution in [0.2, 0.25) is 0 Å². The van der Waals surface area contributed by atoms with Crippen molar-refractivity contribution in [2.45, 2.75) is 19.1 Å². The molecule has 2 unspecified atom stereocenters. The van der Waals surface area contributed by atoms with Gasteiger partial charge in [0.25, 0.3) is 0 Å². The molecule has 0 radical (unpaired) electrons. The third-order valence-electron chi connectivity index (χ3n) is 2.83. The maximum absolute atomic E-state index is 11.2. The first kappa shape index (κ1) is 13.5. The van der Waals surface area contributed by atoms with Gasteiger partial charge in [0.2, 0.25) is 11.8 Å². The van der Waals surface area contributed by atoms with E-state index in [2.05, 4.69) is 10.6 Å². The Morgan fingerprint density at radius 1 is 1.47 bits per heavy atom. The molecular weight excluding hydrogens is 248 g/mol. The van der Waals surface area contributed by atoms with Crippen LogP contribution in [0.4, 0.5) is 5.69 Å². The summed E-state index contributed by atoms with van der Waals surface area (Å²) in [7, 11) is 0. The highest BCUT2D eigenvalue weighted by Gasteiger charge is 2.26. The fourth-order valence-electron chi connectivity index (χ4n) is 1.94. The van der Waals surface area contributed by atoms with Crippen LogP contribution in [0.3, 0.4) is 0 Å². The molecule has 3 N–H and O–H groups in total. The average molecular weight is 264 g/mol. The molecule has 1 aliphatic rings. The Morgan fingerprint density at radius 2 is 2.16 bits per heavy atom. The molecular formula is C13H16N2O4. The van der Waals surface area contributed by atoms with Crippen LogP contribution in [0.5, 0.6) is 0 Å². The van der Waals surface area contributed by atoms with Crippen LogP contribution in [0.1, 0.15) is 18.6 Å². The molecule has 0 spiro atoms. The number of anilines is 1. The number of hydrogen-bond donors (Lipinski definition) is 3. The predicted molar refractivity (Wildman–Crippen MR) is 68.5 cm³/mol. The summed E-state index contributed by atoms with van der Waals surface area (Å²) >= 11 is 0. The molecule has 1 aromatic carbocycles. The van der Waals surface area contributed by atoms with Crippen LogP contribution < -0.4 is 10.6 Å². The van der Waals surface area contributed by atoms with Gasteiger partial charge in [-0.15, -0.1) is 0 Å². The Kier molecular flexibility index (Phi) is 4.13. The molecule has 0 aromatic heterocycles. The van der Waals surface area contributed by atoms with E-state index in [9.17, 15) is 14.7 Å². The highest BCUT2D eigenvalue weighted by molar-refractivity contribution is 5.88. The van der Waals surface area contributed by atoms with Crippen molar-refractivity contribution >= 4 is 17.5 Å². The minimum Gasteiger partial charge on any atom is -0.386 e. The average Bonchev–Trinajstić information content (AvgIpc) is 2.38. The fraction of sp³-hybridized carbons (Fsp3) is 0.385. The van der Waals surface area contributed by atoms with Crippen LogP contribution in [0.25, 0.3) is 0 Å². The third kappa shape index (κ3) is 3.52. The number of carbonyl (C=O) groups is 2. The zero-order valence-electron chi connectivity index (χ0n) is 10.6. The van der Waals surface area contributed by atoms with E-state index in [1.165, 1.54) is 6.92 Å². The maximum atomic E-state index is 11.2. The van der Waals surface area contributed by atoms with Crippen molar-refractivity contribution in [1.29, 1.82) is 0 Å². The molecule has 2 atom stereocenters. The summed E-state index contributed by atoms with van der Waals surface area (Å²) in [5.74, 6) is -0.383. The van der Waals surface area contributed by atoms with E-state index >= 15 is 0 Å². The molecule has 2 rings (SSSR count). The first-order valence-corrected chi connectivity index (χ1v) is 5.99. The second kappa shape index (κ2) is 5.81. The van der Waals surface area contributed by atoms with Crippen LogP contribution in [0.15, 0.2) is 24.3 Å². The molecule has 102 valence electrons. The number of morpholine rings is 1. The first-order chi connectivity index (χ1) is 9.06. The Bertz CT molecular complexity index is 472. The van der Waals surface area contributed by atoms with Crippen LogP contribution in [0, 0.1) is 0 Å². The lowest BCUT2D eigenvalue weighted by molar-refractivity contribution is -0.133. The van der Waals surface area contributed by atoms with Crippen molar-refractivity contribution in [3.63, 3.8) is 0 Å². The first-order valence-electron chi connectivity index (χ1n) is 5.99. The van der Waals surface area contributed by atoms with E-state index in [0.717, 1.165) is 0 Å². The normalized spacial score (nSPS) is 20.5. The molecule has 1 saturated heterocycles. The number of aliphatic hydroxyl groups excluding tert-OH is 1. The van der Waals surface area contributed by atoms with Crippen molar-refractivity contribution in [3.8, 4) is 0 Å². The van der Waals surface area contributed by atoms with Crippen LogP contribution in [-0.4, -0.2) is 36.2 Å². The number of ether oxygens (including phenoxy) is 1. The highest BCUT2D eigenvalue weighted by atomic mass is 16.5. The number of aliphatic hydroxyl groups is 1. The molecule has 1 aliphatic heterocycles. The Morgan fingerprint density at radius 3 is 2.74 bits per heavy atom. The Labute approximate surface area is 110 Å². The molecule has 0 bridgehead atoms. The largest absolute Gasteiger partial charge is 0.386 e. The minimum absolute atomic E-state index is 0.0324. The number of carbonyl (C=O) groups excluding carboxylic acids is 2. The van der Waals surface area contributed by atoms with Crippen molar-refractivity contribution < 1.29 is 19.4 Å². The second-order valence-corrected chi connectivity index (χ2v) is 4.44. The van der Waals surface area contributed by atoms with Gasteiger partial charge in [0.1, 0.15) is 12.7 Å². The topological polar surface area (TPSA) is 87.7 Å². The summed E-state index contributed by atoms with van der Waals surface area (Å²) in [6, 6.07) is 6.36. The zero-order valence-corrected chi connectivity index (χ0v) is 10.6. The molecule has 0 aliphatic carbocycles. The smallest absolute Gasteiger partial charge is 0.246 e. The van der Waals surface area contributed by atoms with Gasteiger partial charge in [-0.25, -0.2) is 0 Å². The van der Waals surface area contributed by atoms with Crippen LogP contribution in [-0.2, 0) is 14.3 Å². The van der Waals surface area contributed by atoms with Gasteiger partial charge < -0.3 is 20.5 Å². The molecule has 1 aromatic rings. The second-order valence-electron chi connectivity index (χ2n) is 4.44. The third-order valence-corrected chi connectivity index (χ3v) is 2.83. The van der Waals surface area contributed by atoms with Crippen molar-refractivity contribution in [1.82, 2.24) is 5.32 Å². The maximum Gasteiger partial charge on any atom is 0.246 e. The van der Waals surface area contributed by atoms with E-state index in [4.69, 9.17) is 4.74 Å². The lowest BCUT2D eigenvalue weighted by Crippen LogP contribution is -2.48. The lowest BCUT2D eigenvalue weighted by Gasteiger charge is -2.28. The SMILES string of the molecule is CC(=O)Nc1ccc(C(O)C2COCC(=O)N2)cc1. The fourth-order valence-corrected chi connectivity index (χ4v) is 1.94. The van der Waals surface area contributed by atoms with E-state index in [-0.39, 0.29) is 25.0 Å².